The van der Waals surface area contributed by atoms with E-state index >= 15 is 0 Å². The Balaban J connectivity index is 1.96. The summed E-state index contributed by atoms with van der Waals surface area (Å²) in [4.78, 5) is 0. The maximum absolute atomic E-state index is 5.88. The van der Waals surface area contributed by atoms with Crippen LogP contribution in [-0.4, -0.2) is 19.2 Å². The molecule has 1 saturated heterocycles. The van der Waals surface area contributed by atoms with Gasteiger partial charge in [-0.1, -0.05) is 6.58 Å². The minimum atomic E-state index is 0.341. The zero-order chi connectivity index (χ0) is 11.4. The second-order valence-electron chi connectivity index (χ2n) is 4.12. The summed E-state index contributed by atoms with van der Waals surface area (Å²) in [5.41, 5.74) is 7.15. The molecular formula is C13H18N2O. The standard InChI is InChI=1S/C13H18N2O/c1-10(14)11-2-4-12(5-3-11)16-13-6-8-15-9-7-13/h2-5,13,15H,1,6-9,14H2. The molecule has 0 bridgehead atoms. The summed E-state index contributed by atoms with van der Waals surface area (Å²) in [6.07, 6.45) is 2.49. The van der Waals surface area contributed by atoms with Crippen LogP contribution in [0, 0.1) is 0 Å². The Kier molecular flexibility index (Phi) is 3.47. The van der Waals surface area contributed by atoms with E-state index in [-0.39, 0.29) is 0 Å². The number of nitrogens with one attached hydrogen (secondary N) is 1. The molecule has 0 unspecified atom stereocenters. The van der Waals surface area contributed by atoms with Crippen LogP contribution in [0.25, 0.3) is 5.70 Å². The molecule has 3 heteroatoms. The average Bonchev–Trinajstić information content (AvgIpc) is 2.31. The lowest BCUT2D eigenvalue weighted by Gasteiger charge is -2.23. The van der Waals surface area contributed by atoms with E-state index in [1.165, 1.54) is 0 Å². The third-order valence-corrected chi connectivity index (χ3v) is 2.81. The van der Waals surface area contributed by atoms with E-state index in [2.05, 4.69) is 11.9 Å². The van der Waals surface area contributed by atoms with Gasteiger partial charge in [-0.15, -0.1) is 0 Å². The number of hydrogen-bond donors (Lipinski definition) is 2. The summed E-state index contributed by atoms with van der Waals surface area (Å²) < 4.78 is 5.88. The molecule has 0 radical (unpaired) electrons. The predicted octanol–water partition coefficient (Wildman–Crippen LogP) is 1.75. The molecule has 0 aromatic heterocycles. The number of nitrogens with two attached hydrogens (primary N) is 1. The van der Waals surface area contributed by atoms with Crippen LogP contribution < -0.4 is 15.8 Å². The van der Waals surface area contributed by atoms with Gasteiger partial charge in [0.25, 0.3) is 0 Å². The SMILES string of the molecule is C=C(N)c1ccc(OC2CCNCC2)cc1. The fourth-order valence-electron chi connectivity index (χ4n) is 1.85. The molecule has 0 aliphatic carbocycles. The summed E-state index contributed by atoms with van der Waals surface area (Å²) in [5.74, 6) is 0.914. The third-order valence-electron chi connectivity index (χ3n) is 2.81. The van der Waals surface area contributed by atoms with E-state index in [9.17, 15) is 0 Å². The highest BCUT2D eigenvalue weighted by Crippen LogP contribution is 2.18. The highest BCUT2D eigenvalue weighted by Gasteiger charge is 2.14. The first kappa shape index (κ1) is 11.0. The van der Waals surface area contributed by atoms with Gasteiger partial charge in [0.1, 0.15) is 11.9 Å². The van der Waals surface area contributed by atoms with Gasteiger partial charge >= 0.3 is 0 Å². The van der Waals surface area contributed by atoms with Crippen molar-refractivity contribution < 1.29 is 4.74 Å². The Morgan fingerprint density at radius 2 is 1.88 bits per heavy atom. The molecule has 2 rings (SSSR count). The van der Waals surface area contributed by atoms with Crippen molar-refractivity contribution in [3.63, 3.8) is 0 Å². The third kappa shape index (κ3) is 2.76. The van der Waals surface area contributed by atoms with Gasteiger partial charge in [-0.2, -0.15) is 0 Å². The van der Waals surface area contributed by atoms with Crippen molar-refractivity contribution in [1.29, 1.82) is 0 Å². The van der Waals surface area contributed by atoms with Crippen LogP contribution in [0.2, 0.25) is 0 Å². The van der Waals surface area contributed by atoms with Gasteiger partial charge in [-0.25, -0.2) is 0 Å². The Bertz CT molecular complexity index is 353. The zero-order valence-electron chi connectivity index (χ0n) is 9.41. The Morgan fingerprint density at radius 1 is 1.25 bits per heavy atom. The van der Waals surface area contributed by atoms with Crippen molar-refractivity contribution in [2.45, 2.75) is 18.9 Å². The minimum Gasteiger partial charge on any atom is -0.490 e. The number of ether oxygens (including phenoxy) is 1. The van der Waals surface area contributed by atoms with Crippen molar-refractivity contribution in [3.05, 3.63) is 36.4 Å². The second-order valence-corrected chi connectivity index (χ2v) is 4.12. The molecule has 1 aromatic rings. The highest BCUT2D eigenvalue weighted by atomic mass is 16.5. The largest absolute Gasteiger partial charge is 0.490 e. The summed E-state index contributed by atoms with van der Waals surface area (Å²) in [6, 6.07) is 7.79. The molecule has 1 aliphatic rings. The molecule has 0 saturated carbocycles. The smallest absolute Gasteiger partial charge is 0.119 e. The van der Waals surface area contributed by atoms with Crippen molar-refractivity contribution in [2.75, 3.05) is 13.1 Å². The average molecular weight is 218 g/mol. The number of benzene rings is 1. The van der Waals surface area contributed by atoms with Gasteiger partial charge in [0, 0.05) is 5.70 Å². The van der Waals surface area contributed by atoms with Crippen molar-refractivity contribution in [3.8, 4) is 5.75 Å². The van der Waals surface area contributed by atoms with Crippen LogP contribution in [0.5, 0.6) is 5.75 Å². The molecule has 1 aliphatic heterocycles. The molecule has 1 heterocycles. The minimum absolute atomic E-state index is 0.341. The van der Waals surface area contributed by atoms with Crippen LogP contribution in [0.15, 0.2) is 30.8 Å². The first-order valence-electron chi connectivity index (χ1n) is 5.68. The molecule has 3 N–H and O–H groups in total. The normalized spacial score (nSPS) is 17.0. The molecular weight excluding hydrogens is 200 g/mol. The highest BCUT2D eigenvalue weighted by molar-refractivity contribution is 5.60. The van der Waals surface area contributed by atoms with Crippen LogP contribution in [0.1, 0.15) is 18.4 Å². The van der Waals surface area contributed by atoms with Crippen LogP contribution in [-0.2, 0) is 0 Å². The molecule has 0 spiro atoms. The first-order valence-corrected chi connectivity index (χ1v) is 5.68. The zero-order valence-corrected chi connectivity index (χ0v) is 9.41. The van der Waals surface area contributed by atoms with E-state index < -0.39 is 0 Å². The van der Waals surface area contributed by atoms with Gasteiger partial charge < -0.3 is 15.8 Å². The van der Waals surface area contributed by atoms with E-state index in [0.717, 1.165) is 37.2 Å². The van der Waals surface area contributed by atoms with E-state index in [1.54, 1.807) is 0 Å². The predicted molar refractivity (Wildman–Crippen MR) is 66.2 cm³/mol. The number of piperidine rings is 1. The second kappa shape index (κ2) is 5.03. The topological polar surface area (TPSA) is 47.3 Å². The maximum atomic E-state index is 5.88. The lowest BCUT2D eigenvalue weighted by atomic mass is 10.1. The fourth-order valence-corrected chi connectivity index (χ4v) is 1.85. The number of rotatable bonds is 3. The van der Waals surface area contributed by atoms with Gasteiger partial charge in [0.2, 0.25) is 0 Å². The monoisotopic (exact) mass is 218 g/mol. The molecule has 3 nitrogen and oxygen atoms in total. The van der Waals surface area contributed by atoms with Crippen molar-refractivity contribution >= 4 is 5.70 Å². The molecule has 1 aromatic carbocycles. The molecule has 16 heavy (non-hydrogen) atoms. The maximum Gasteiger partial charge on any atom is 0.119 e. The summed E-state index contributed by atoms with van der Waals surface area (Å²) in [7, 11) is 0. The van der Waals surface area contributed by atoms with Gasteiger partial charge in [0.15, 0.2) is 0 Å². The van der Waals surface area contributed by atoms with Crippen LogP contribution in [0.4, 0.5) is 0 Å². The molecule has 1 fully saturated rings. The number of hydrogen-bond acceptors (Lipinski definition) is 3. The molecule has 0 atom stereocenters. The summed E-state index contributed by atoms with van der Waals surface area (Å²) in [6.45, 7) is 5.79. The fraction of sp³-hybridized carbons (Fsp3) is 0.385. The quantitative estimate of drug-likeness (QED) is 0.812. The van der Waals surface area contributed by atoms with E-state index in [4.69, 9.17) is 10.5 Å². The van der Waals surface area contributed by atoms with Crippen molar-refractivity contribution in [2.24, 2.45) is 5.73 Å². The molecule has 86 valence electrons. The van der Waals surface area contributed by atoms with E-state index in [1.807, 2.05) is 24.3 Å². The van der Waals surface area contributed by atoms with E-state index in [0.29, 0.717) is 11.8 Å². The Labute approximate surface area is 96.3 Å². The van der Waals surface area contributed by atoms with Gasteiger partial charge in [-0.05, 0) is 55.8 Å². The van der Waals surface area contributed by atoms with Gasteiger partial charge in [0.05, 0.1) is 0 Å². The lowest BCUT2D eigenvalue weighted by molar-refractivity contribution is 0.162. The molecule has 0 amide bonds. The van der Waals surface area contributed by atoms with Crippen molar-refractivity contribution in [1.82, 2.24) is 5.32 Å². The summed E-state index contributed by atoms with van der Waals surface area (Å²) >= 11 is 0. The first-order chi connectivity index (χ1) is 7.75. The van der Waals surface area contributed by atoms with Crippen LogP contribution in [0.3, 0.4) is 0 Å². The Morgan fingerprint density at radius 3 is 2.44 bits per heavy atom. The van der Waals surface area contributed by atoms with Crippen LogP contribution >= 0.6 is 0 Å². The van der Waals surface area contributed by atoms with Gasteiger partial charge in [-0.3, -0.25) is 0 Å². The summed E-state index contributed by atoms with van der Waals surface area (Å²) in [5, 5.41) is 3.32. The lowest BCUT2D eigenvalue weighted by Crippen LogP contribution is -2.34. The Hall–Kier alpha value is -1.48.